The molecule has 2 rings (SSSR count). The second-order valence-electron chi connectivity index (χ2n) is 4.59. The summed E-state index contributed by atoms with van der Waals surface area (Å²) in [5.74, 6) is 1.72. The standard InChI is InChI=1S/C13H18N2O3S/c1-18-12-7-9(6-10(14)8-12)13(16)15-11-2-4-19(17)5-3-11/h6-8,11H,2-5,14H2,1H3,(H,15,16). The molecule has 1 amide bonds. The molecule has 0 unspecified atom stereocenters. The normalized spacial score (nSPS) is 22.8. The fourth-order valence-electron chi connectivity index (χ4n) is 2.08. The zero-order chi connectivity index (χ0) is 13.8. The predicted molar refractivity (Wildman–Crippen MR) is 75.8 cm³/mol. The van der Waals surface area contributed by atoms with E-state index in [0.29, 0.717) is 28.5 Å². The van der Waals surface area contributed by atoms with Gasteiger partial charge in [-0.05, 0) is 25.0 Å². The molecule has 0 spiro atoms. The third kappa shape index (κ3) is 3.70. The lowest BCUT2D eigenvalue weighted by Crippen LogP contribution is -2.39. The van der Waals surface area contributed by atoms with Crippen molar-refractivity contribution in [3.63, 3.8) is 0 Å². The quantitative estimate of drug-likeness (QED) is 0.808. The first-order valence-electron chi connectivity index (χ1n) is 6.19. The van der Waals surface area contributed by atoms with Gasteiger partial charge < -0.3 is 15.8 Å². The first kappa shape index (κ1) is 13.9. The second kappa shape index (κ2) is 6.06. The van der Waals surface area contributed by atoms with E-state index in [1.165, 1.54) is 7.11 Å². The summed E-state index contributed by atoms with van der Waals surface area (Å²) in [6.45, 7) is 0. The monoisotopic (exact) mass is 282 g/mol. The average molecular weight is 282 g/mol. The molecule has 1 aromatic carbocycles. The Kier molecular flexibility index (Phi) is 4.42. The third-order valence-corrected chi connectivity index (χ3v) is 4.53. The van der Waals surface area contributed by atoms with E-state index in [-0.39, 0.29) is 11.9 Å². The van der Waals surface area contributed by atoms with Crippen molar-refractivity contribution in [2.45, 2.75) is 18.9 Å². The van der Waals surface area contributed by atoms with Crippen LogP contribution in [0.3, 0.4) is 0 Å². The Bertz CT molecular complexity index is 495. The van der Waals surface area contributed by atoms with Crippen LogP contribution in [0.5, 0.6) is 5.75 Å². The molecule has 5 nitrogen and oxygen atoms in total. The minimum Gasteiger partial charge on any atom is -0.497 e. The average Bonchev–Trinajstić information content (AvgIpc) is 2.40. The minimum atomic E-state index is -0.720. The number of benzene rings is 1. The van der Waals surface area contributed by atoms with Gasteiger partial charge in [-0.15, -0.1) is 0 Å². The number of hydrogen-bond acceptors (Lipinski definition) is 4. The van der Waals surface area contributed by atoms with Crippen molar-refractivity contribution in [2.75, 3.05) is 24.3 Å². The van der Waals surface area contributed by atoms with Crippen molar-refractivity contribution in [1.29, 1.82) is 0 Å². The molecule has 3 N–H and O–H groups in total. The highest BCUT2D eigenvalue weighted by atomic mass is 32.2. The SMILES string of the molecule is COc1cc(N)cc(C(=O)NC2CCS(=O)CC2)c1. The van der Waals surface area contributed by atoms with Crippen molar-refractivity contribution < 1.29 is 13.7 Å². The van der Waals surface area contributed by atoms with Crippen LogP contribution in [0.25, 0.3) is 0 Å². The Morgan fingerprint density at radius 1 is 1.37 bits per heavy atom. The molecule has 19 heavy (non-hydrogen) atoms. The Hall–Kier alpha value is -1.56. The molecule has 104 valence electrons. The lowest BCUT2D eigenvalue weighted by Gasteiger charge is -2.22. The molecule has 0 bridgehead atoms. The lowest BCUT2D eigenvalue weighted by atomic mass is 10.1. The van der Waals surface area contributed by atoms with Crippen molar-refractivity contribution in [2.24, 2.45) is 0 Å². The largest absolute Gasteiger partial charge is 0.497 e. The third-order valence-electron chi connectivity index (χ3n) is 3.15. The maximum Gasteiger partial charge on any atom is 0.251 e. The Morgan fingerprint density at radius 2 is 2.05 bits per heavy atom. The molecular formula is C13H18N2O3S. The van der Waals surface area contributed by atoms with Crippen LogP contribution >= 0.6 is 0 Å². The topological polar surface area (TPSA) is 81.4 Å². The van der Waals surface area contributed by atoms with E-state index in [4.69, 9.17) is 10.5 Å². The van der Waals surface area contributed by atoms with Crippen LogP contribution in [-0.4, -0.2) is 34.8 Å². The minimum absolute atomic E-state index is 0.0950. The van der Waals surface area contributed by atoms with E-state index >= 15 is 0 Å². The van der Waals surface area contributed by atoms with Crippen LogP contribution in [0.15, 0.2) is 18.2 Å². The zero-order valence-corrected chi connectivity index (χ0v) is 11.7. The molecule has 0 radical (unpaired) electrons. The number of rotatable bonds is 3. The van der Waals surface area contributed by atoms with Crippen LogP contribution in [0.4, 0.5) is 5.69 Å². The van der Waals surface area contributed by atoms with Gasteiger partial charge in [0.1, 0.15) is 5.75 Å². The highest BCUT2D eigenvalue weighted by Gasteiger charge is 2.20. The van der Waals surface area contributed by atoms with Crippen LogP contribution in [0.2, 0.25) is 0 Å². The number of hydrogen-bond donors (Lipinski definition) is 2. The molecule has 1 aliphatic rings. The van der Waals surface area contributed by atoms with Gasteiger partial charge in [0.05, 0.1) is 7.11 Å². The van der Waals surface area contributed by atoms with Gasteiger partial charge in [-0.1, -0.05) is 0 Å². The van der Waals surface area contributed by atoms with Gasteiger partial charge in [0.2, 0.25) is 0 Å². The van der Waals surface area contributed by atoms with Gasteiger partial charge in [-0.25, -0.2) is 0 Å². The number of nitrogens with two attached hydrogens (primary N) is 1. The highest BCUT2D eigenvalue weighted by Crippen LogP contribution is 2.19. The molecule has 6 heteroatoms. The smallest absolute Gasteiger partial charge is 0.251 e. The number of nitrogen functional groups attached to an aromatic ring is 1. The number of amides is 1. The van der Waals surface area contributed by atoms with Gasteiger partial charge in [-0.2, -0.15) is 0 Å². The molecule has 0 aliphatic carbocycles. The van der Waals surface area contributed by atoms with Gasteiger partial charge in [0, 0.05) is 45.7 Å². The predicted octanol–water partition coefficient (Wildman–Crippen LogP) is 0.918. The summed E-state index contributed by atoms with van der Waals surface area (Å²) in [6.07, 6.45) is 1.52. The van der Waals surface area contributed by atoms with E-state index in [1.807, 2.05) is 0 Å². The van der Waals surface area contributed by atoms with Crippen LogP contribution < -0.4 is 15.8 Å². The molecular weight excluding hydrogens is 264 g/mol. The first-order valence-corrected chi connectivity index (χ1v) is 7.67. The van der Waals surface area contributed by atoms with E-state index in [0.717, 1.165) is 12.8 Å². The Morgan fingerprint density at radius 3 is 2.68 bits per heavy atom. The lowest BCUT2D eigenvalue weighted by molar-refractivity contribution is 0.0934. The summed E-state index contributed by atoms with van der Waals surface area (Å²) < 4.78 is 16.3. The number of nitrogens with one attached hydrogen (secondary N) is 1. The summed E-state index contributed by atoms with van der Waals surface area (Å²) in [5.41, 5.74) is 6.71. The van der Waals surface area contributed by atoms with Crippen LogP contribution in [0.1, 0.15) is 23.2 Å². The number of anilines is 1. The molecule has 1 aliphatic heterocycles. The van der Waals surface area contributed by atoms with Gasteiger partial charge >= 0.3 is 0 Å². The number of ether oxygens (including phenoxy) is 1. The summed E-state index contributed by atoms with van der Waals surface area (Å²) in [7, 11) is 0.814. The summed E-state index contributed by atoms with van der Waals surface area (Å²) in [4.78, 5) is 12.1. The summed E-state index contributed by atoms with van der Waals surface area (Å²) >= 11 is 0. The summed E-state index contributed by atoms with van der Waals surface area (Å²) in [5, 5.41) is 2.95. The molecule has 1 heterocycles. The second-order valence-corrected chi connectivity index (χ2v) is 6.29. The number of carbonyl (C=O) groups is 1. The van der Waals surface area contributed by atoms with Crippen molar-refractivity contribution in [3.05, 3.63) is 23.8 Å². The molecule has 1 fully saturated rings. The van der Waals surface area contributed by atoms with Crippen molar-refractivity contribution in [1.82, 2.24) is 5.32 Å². The fourth-order valence-corrected chi connectivity index (χ4v) is 3.38. The first-order chi connectivity index (χ1) is 9.08. The molecule has 0 saturated carbocycles. The zero-order valence-electron chi connectivity index (χ0n) is 10.8. The van der Waals surface area contributed by atoms with Crippen molar-refractivity contribution >= 4 is 22.4 Å². The highest BCUT2D eigenvalue weighted by molar-refractivity contribution is 7.85. The van der Waals surface area contributed by atoms with Gasteiger partial charge in [0.15, 0.2) is 0 Å². The van der Waals surface area contributed by atoms with E-state index in [1.54, 1.807) is 18.2 Å². The van der Waals surface area contributed by atoms with E-state index < -0.39 is 10.8 Å². The van der Waals surface area contributed by atoms with Gasteiger partial charge in [0.25, 0.3) is 5.91 Å². The van der Waals surface area contributed by atoms with Crippen LogP contribution in [0, 0.1) is 0 Å². The Balaban J connectivity index is 2.03. The number of carbonyl (C=O) groups excluding carboxylic acids is 1. The maximum atomic E-state index is 12.1. The van der Waals surface area contributed by atoms with E-state index in [9.17, 15) is 9.00 Å². The van der Waals surface area contributed by atoms with Crippen LogP contribution in [-0.2, 0) is 10.8 Å². The molecule has 0 aromatic heterocycles. The molecule has 1 aromatic rings. The Labute approximate surface area is 115 Å². The van der Waals surface area contributed by atoms with Gasteiger partial charge in [-0.3, -0.25) is 9.00 Å². The van der Waals surface area contributed by atoms with Crippen molar-refractivity contribution in [3.8, 4) is 5.75 Å². The fraction of sp³-hybridized carbons (Fsp3) is 0.462. The molecule has 1 saturated heterocycles. The molecule has 0 atom stereocenters. The number of methoxy groups -OCH3 is 1. The van der Waals surface area contributed by atoms with E-state index in [2.05, 4.69) is 5.32 Å². The summed E-state index contributed by atoms with van der Waals surface area (Å²) in [6, 6.07) is 5.05. The maximum absolute atomic E-state index is 12.1.